The van der Waals surface area contributed by atoms with Crippen molar-refractivity contribution < 1.29 is 17.7 Å². The van der Waals surface area contributed by atoms with Crippen LogP contribution in [0.5, 0.6) is 0 Å². The van der Waals surface area contributed by atoms with E-state index < -0.39 is 12.1 Å². The second-order valence-corrected chi connectivity index (χ2v) is 3.81. The van der Waals surface area contributed by atoms with Crippen LogP contribution in [-0.2, 0) is 6.18 Å². The van der Waals surface area contributed by atoms with Gasteiger partial charge in [-0.25, -0.2) is 15.0 Å². The van der Waals surface area contributed by atoms with Gasteiger partial charge in [-0.15, -0.1) is 0 Å². The molecule has 0 amide bonds. The number of aromatic nitrogens is 6. The lowest BCUT2D eigenvalue weighted by molar-refractivity contribution is -0.159. The minimum atomic E-state index is -4.69. The molecule has 0 N–H and O–H groups in total. The zero-order valence-electron chi connectivity index (χ0n) is 10.1. The third-order valence-electron chi connectivity index (χ3n) is 2.41. The molecule has 0 atom stereocenters. The van der Waals surface area contributed by atoms with Gasteiger partial charge in [0.15, 0.2) is 5.82 Å². The Kier molecular flexibility index (Phi) is 3.05. The highest BCUT2D eigenvalue weighted by atomic mass is 19.4. The predicted molar refractivity (Wildman–Crippen MR) is 61.4 cm³/mol. The van der Waals surface area contributed by atoms with Crippen LogP contribution < -0.4 is 0 Å². The summed E-state index contributed by atoms with van der Waals surface area (Å²) in [6.07, 6.45) is -0.729. The molecule has 0 spiro atoms. The van der Waals surface area contributed by atoms with Gasteiger partial charge in [-0.1, -0.05) is 5.16 Å². The summed E-state index contributed by atoms with van der Waals surface area (Å²) in [5.41, 5.74) is 0.660. The van der Waals surface area contributed by atoms with Crippen molar-refractivity contribution in [2.75, 3.05) is 0 Å². The van der Waals surface area contributed by atoms with E-state index in [4.69, 9.17) is 0 Å². The second kappa shape index (κ2) is 4.89. The van der Waals surface area contributed by atoms with Crippen molar-refractivity contribution in [3.63, 3.8) is 0 Å². The van der Waals surface area contributed by atoms with Crippen molar-refractivity contribution in [1.29, 1.82) is 0 Å². The average Bonchev–Trinajstić information content (AvgIpc) is 2.98. The summed E-state index contributed by atoms with van der Waals surface area (Å²) >= 11 is 0. The monoisotopic (exact) mass is 294 g/mol. The van der Waals surface area contributed by atoms with Gasteiger partial charge in [-0.2, -0.15) is 18.2 Å². The topological polar surface area (TPSA) is 90.5 Å². The van der Waals surface area contributed by atoms with Crippen molar-refractivity contribution in [1.82, 2.24) is 30.1 Å². The molecule has 0 aliphatic rings. The number of alkyl halides is 3. The normalized spacial score (nSPS) is 11.6. The molecule has 3 aromatic heterocycles. The summed E-state index contributed by atoms with van der Waals surface area (Å²) in [6.45, 7) is 0. The van der Waals surface area contributed by atoms with Gasteiger partial charge >= 0.3 is 12.1 Å². The minimum Gasteiger partial charge on any atom is -0.329 e. The number of hydrogen-bond donors (Lipinski definition) is 0. The van der Waals surface area contributed by atoms with E-state index in [1.54, 1.807) is 0 Å². The van der Waals surface area contributed by atoms with E-state index >= 15 is 0 Å². The lowest BCUT2D eigenvalue weighted by atomic mass is 10.2. The van der Waals surface area contributed by atoms with Crippen LogP contribution in [-0.4, -0.2) is 30.1 Å². The molecule has 106 valence electrons. The predicted octanol–water partition coefficient (Wildman–Crippen LogP) is 2.00. The Bertz CT molecular complexity index is 758. The number of nitrogens with zero attached hydrogens (tertiary/aromatic N) is 6. The standard InChI is InChI=1S/C11H5F3N6O/c12-11(13,14)10-19-8(20-21-10)6-1-2-16-7(3-6)9-17-4-15-5-18-9/h1-5H. The van der Waals surface area contributed by atoms with Crippen LogP contribution in [0.3, 0.4) is 0 Å². The lowest BCUT2D eigenvalue weighted by Gasteiger charge is -1.99. The van der Waals surface area contributed by atoms with Gasteiger partial charge in [0.2, 0.25) is 5.82 Å². The largest absolute Gasteiger partial charge is 0.471 e. The van der Waals surface area contributed by atoms with Gasteiger partial charge in [0.1, 0.15) is 18.3 Å². The molecule has 10 heteroatoms. The van der Waals surface area contributed by atoms with Crippen LogP contribution in [0, 0.1) is 0 Å². The fourth-order valence-electron chi connectivity index (χ4n) is 1.52. The maximum Gasteiger partial charge on any atom is 0.471 e. The molecule has 0 saturated carbocycles. The van der Waals surface area contributed by atoms with Gasteiger partial charge in [0.25, 0.3) is 0 Å². The van der Waals surface area contributed by atoms with Gasteiger partial charge < -0.3 is 4.52 Å². The number of pyridine rings is 1. The Balaban J connectivity index is 1.99. The van der Waals surface area contributed by atoms with E-state index in [1.807, 2.05) is 0 Å². The van der Waals surface area contributed by atoms with Crippen LogP contribution in [0.4, 0.5) is 13.2 Å². The molecule has 3 heterocycles. The lowest BCUT2D eigenvalue weighted by Crippen LogP contribution is -2.04. The molecule has 21 heavy (non-hydrogen) atoms. The fourth-order valence-corrected chi connectivity index (χ4v) is 1.52. The first-order valence-corrected chi connectivity index (χ1v) is 5.54. The fraction of sp³-hybridized carbons (Fsp3) is 0.0909. The summed E-state index contributed by atoms with van der Waals surface area (Å²) in [6, 6.07) is 2.91. The average molecular weight is 294 g/mol. The molecule has 3 aromatic rings. The maximum atomic E-state index is 12.4. The maximum absolute atomic E-state index is 12.4. The van der Waals surface area contributed by atoms with Crippen LogP contribution in [0.15, 0.2) is 35.5 Å². The SMILES string of the molecule is FC(F)(F)c1nc(-c2ccnc(-c3ncncn3)c2)no1. The summed E-state index contributed by atoms with van der Waals surface area (Å²) in [4.78, 5) is 18.8. The molecular formula is C11H5F3N6O. The molecular weight excluding hydrogens is 289 g/mol. The Hall–Kier alpha value is -2.91. The number of halogens is 3. The molecule has 0 bridgehead atoms. The van der Waals surface area contributed by atoms with Crippen molar-refractivity contribution in [3.8, 4) is 22.9 Å². The molecule has 7 nitrogen and oxygen atoms in total. The molecule has 0 fully saturated rings. The number of hydrogen-bond acceptors (Lipinski definition) is 7. The van der Waals surface area contributed by atoms with E-state index in [9.17, 15) is 13.2 Å². The van der Waals surface area contributed by atoms with E-state index in [0.717, 1.165) is 0 Å². The first-order valence-electron chi connectivity index (χ1n) is 5.54. The summed E-state index contributed by atoms with van der Waals surface area (Å²) < 4.78 is 41.5. The van der Waals surface area contributed by atoms with Crippen molar-refractivity contribution in [2.45, 2.75) is 6.18 Å². The molecule has 0 aliphatic carbocycles. The van der Waals surface area contributed by atoms with Crippen molar-refractivity contribution in [3.05, 3.63) is 36.9 Å². The van der Waals surface area contributed by atoms with Crippen LogP contribution >= 0.6 is 0 Å². The van der Waals surface area contributed by atoms with Crippen molar-refractivity contribution in [2.24, 2.45) is 0 Å². The first-order chi connectivity index (χ1) is 10.0. The third-order valence-corrected chi connectivity index (χ3v) is 2.41. The highest BCUT2D eigenvalue weighted by molar-refractivity contribution is 5.61. The second-order valence-electron chi connectivity index (χ2n) is 3.81. The Labute approximate surface area is 114 Å². The molecule has 0 aromatic carbocycles. The Morgan fingerprint density at radius 3 is 2.43 bits per heavy atom. The Morgan fingerprint density at radius 2 is 1.76 bits per heavy atom. The molecule has 0 saturated heterocycles. The van der Waals surface area contributed by atoms with Gasteiger partial charge in [0.05, 0.1) is 0 Å². The van der Waals surface area contributed by atoms with E-state index in [0.29, 0.717) is 11.3 Å². The molecule has 0 unspecified atom stereocenters. The van der Waals surface area contributed by atoms with Crippen LogP contribution in [0.1, 0.15) is 5.89 Å². The summed E-state index contributed by atoms with van der Waals surface area (Å²) in [7, 11) is 0. The van der Waals surface area contributed by atoms with Crippen LogP contribution in [0.25, 0.3) is 22.9 Å². The third kappa shape index (κ3) is 2.68. The van der Waals surface area contributed by atoms with Gasteiger partial charge in [-0.05, 0) is 12.1 Å². The van der Waals surface area contributed by atoms with Gasteiger partial charge in [0, 0.05) is 11.8 Å². The summed E-state index contributed by atoms with van der Waals surface area (Å²) in [5, 5.41) is 3.30. The highest BCUT2D eigenvalue weighted by Gasteiger charge is 2.38. The summed E-state index contributed by atoms with van der Waals surface area (Å²) in [5.74, 6) is -1.32. The minimum absolute atomic E-state index is 0.194. The van der Waals surface area contributed by atoms with Gasteiger partial charge in [-0.3, -0.25) is 4.98 Å². The first kappa shape index (κ1) is 13.1. The zero-order chi connectivity index (χ0) is 14.9. The van der Waals surface area contributed by atoms with Crippen LogP contribution in [0.2, 0.25) is 0 Å². The van der Waals surface area contributed by atoms with Crippen molar-refractivity contribution >= 4 is 0 Å². The molecule has 3 rings (SSSR count). The van der Waals surface area contributed by atoms with E-state index in [1.165, 1.54) is 31.0 Å². The number of rotatable bonds is 2. The Morgan fingerprint density at radius 1 is 1.00 bits per heavy atom. The molecule has 0 aliphatic heterocycles. The zero-order valence-corrected chi connectivity index (χ0v) is 10.1. The van der Waals surface area contributed by atoms with E-state index in [-0.39, 0.29) is 11.6 Å². The van der Waals surface area contributed by atoms with E-state index in [2.05, 4.69) is 34.6 Å². The smallest absolute Gasteiger partial charge is 0.329 e. The quantitative estimate of drug-likeness (QED) is 0.713. The highest BCUT2D eigenvalue weighted by Crippen LogP contribution is 2.29. The molecule has 0 radical (unpaired) electrons.